The molecule has 17 heavy (non-hydrogen) atoms. The van der Waals surface area contributed by atoms with Gasteiger partial charge in [0.2, 0.25) is 0 Å². The molecule has 1 aromatic carbocycles. The van der Waals surface area contributed by atoms with Crippen molar-refractivity contribution in [3.63, 3.8) is 0 Å². The first-order valence-electron chi connectivity index (χ1n) is 5.92. The first-order valence-corrected chi connectivity index (χ1v) is 6.37. The lowest BCUT2D eigenvalue weighted by molar-refractivity contribution is 0.0917. The highest BCUT2D eigenvalue weighted by molar-refractivity contribution is 7.80. The highest BCUT2D eigenvalue weighted by Gasteiger charge is 2.25. The molecule has 0 heterocycles. The van der Waals surface area contributed by atoms with Crippen molar-refractivity contribution in [1.82, 2.24) is 5.32 Å². The summed E-state index contributed by atoms with van der Waals surface area (Å²) >= 11 is 4.17. The molecule has 1 aromatic rings. The van der Waals surface area contributed by atoms with Gasteiger partial charge in [0, 0.05) is 22.9 Å². The molecule has 4 heteroatoms. The van der Waals surface area contributed by atoms with E-state index in [4.69, 9.17) is 0 Å². The minimum absolute atomic E-state index is 0.0857. The third-order valence-corrected chi connectivity index (χ3v) is 3.57. The van der Waals surface area contributed by atoms with Gasteiger partial charge in [-0.1, -0.05) is 6.42 Å². The van der Waals surface area contributed by atoms with E-state index in [2.05, 4.69) is 17.9 Å². The van der Waals surface area contributed by atoms with E-state index in [0.717, 1.165) is 24.2 Å². The number of nitrogens with one attached hydrogen (secondary N) is 1. The van der Waals surface area contributed by atoms with Crippen LogP contribution in [0.15, 0.2) is 29.2 Å². The molecule has 0 aromatic heterocycles. The van der Waals surface area contributed by atoms with Gasteiger partial charge in [0.25, 0.3) is 5.91 Å². The molecule has 1 amide bonds. The van der Waals surface area contributed by atoms with E-state index in [1.54, 1.807) is 24.3 Å². The summed E-state index contributed by atoms with van der Waals surface area (Å²) in [6.07, 6.45) is 2.65. The van der Waals surface area contributed by atoms with Crippen LogP contribution in [0.3, 0.4) is 0 Å². The van der Waals surface area contributed by atoms with Gasteiger partial charge in [0.1, 0.15) is 0 Å². The first-order chi connectivity index (χ1) is 8.16. The van der Waals surface area contributed by atoms with Crippen LogP contribution in [0, 0.1) is 5.92 Å². The maximum absolute atomic E-state index is 11.8. The number of hydrogen-bond acceptors (Lipinski definition) is 3. The minimum Gasteiger partial charge on any atom is -0.393 e. The van der Waals surface area contributed by atoms with Crippen LogP contribution in [0.2, 0.25) is 0 Å². The number of carbonyl (C=O) groups excluding carboxylic acids is 1. The second kappa shape index (κ2) is 5.56. The Bertz CT molecular complexity index is 391. The molecule has 1 aliphatic rings. The monoisotopic (exact) mass is 251 g/mol. The van der Waals surface area contributed by atoms with E-state index >= 15 is 0 Å². The standard InChI is InChI=1S/C13H17NO2S/c15-12-3-1-2-10(12)8-14-13(16)9-4-6-11(17)7-5-9/h4-7,10,12,15,17H,1-3,8H2,(H,14,16). The van der Waals surface area contributed by atoms with Gasteiger partial charge in [0.15, 0.2) is 0 Å². The van der Waals surface area contributed by atoms with Crippen LogP contribution in [0.4, 0.5) is 0 Å². The SMILES string of the molecule is O=C(NCC1CCCC1O)c1ccc(S)cc1. The van der Waals surface area contributed by atoms with Crippen molar-refractivity contribution in [2.75, 3.05) is 6.54 Å². The third kappa shape index (κ3) is 3.23. The Labute approximate surface area is 107 Å². The average molecular weight is 251 g/mol. The molecule has 2 unspecified atom stereocenters. The zero-order chi connectivity index (χ0) is 12.3. The van der Waals surface area contributed by atoms with Gasteiger partial charge >= 0.3 is 0 Å². The summed E-state index contributed by atoms with van der Waals surface area (Å²) in [7, 11) is 0. The quantitative estimate of drug-likeness (QED) is 0.718. The van der Waals surface area contributed by atoms with Crippen LogP contribution in [0.25, 0.3) is 0 Å². The van der Waals surface area contributed by atoms with Gasteiger partial charge in [-0.3, -0.25) is 4.79 Å². The lowest BCUT2D eigenvalue weighted by Gasteiger charge is -2.15. The predicted molar refractivity (Wildman–Crippen MR) is 69.4 cm³/mol. The fraction of sp³-hybridized carbons (Fsp3) is 0.462. The molecule has 0 radical (unpaired) electrons. The van der Waals surface area contributed by atoms with Gasteiger partial charge < -0.3 is 10.4 Å². The Morgan fingerprint density at radius 3 is 2.65 bits per heavy atom. The van der Waals surface area contributed by atoms with E-state index in [1.165, 1.54) is 0 Å². The van der Waals surface area contributed by atoms with Crippen molar-refractivity contribution >= 4 is 18.5 Å². The maximum Gasteiger partial charge on any atom is 0.251 e. The molecule has 2 rings (SSSR count). The van der Waals surface area contributed by atoms with Crippen LogP contribution < -0.4 is 5.32 Å². The van der Waals surface area contributed by atoms with E-state index < -0.39 is 0 Å². The highest BCUT2D eigenvalue weighted by atomic mass is 32.1. The minimum atomic E-state index is -0.255. The molecule has 2 atom stereocenters. The number of thiol groups is 1. The second-order valence-corrected chi connectivity index (χ2v) is 5.03. The lowest BCUT2D eigenvalue weighted by atomic mass is 10.1. The van der Waals surface area contributed by atoms with Crippen LogP contribution >= 0.6 is 12.6 Å². The number of aliphatic hydroxyl groups excluding tert-OH is 1. The van der Waals surface area contributed by atoms with E-state index in [0.29, 0.717) is 12.1 Å². The molecular weight excluding hydrogens is 234 g/mol. The topological polar surface area (TPSA) is 49.3 Å². The van der Waals surface area contributed by atoms with Gasteiger partial charge in [-0.25, -0.2) is 0 Å². The molecule has 92 valence electrons. The summed E-state index contributed by atoms with van der Waals surface area (Å²) in [5.74, 6) is 0.125. The largest absolute Gasteiger partial charge is 0.393 e. The van der Waals surface area contributed by atoms with Crippen molar-refractivity contribution in [2.24, 2.45) is 5.92 Å². The van der Waals surface area contributed by atoms with Crippen molar-refractivity contribution < 1.29 is 9.90 Å². The normalized spacial score (nSPS) is 23.6. The Kier molecular flexibility index (Phi) is 4.07. The van der Waals surface area contributed by atoms with Crippen molar-refractivity contribution in [3.8, 4) is 0 Å². The number of benzene rings is 1. The fourth-order valence-corrected chi connectivity index (χ4v) is 2.34. The molecule has 1 aliphatic carbocycles. The van der Waals surface area contributed by atoms with E-state index in [1.807, 2.05) is 0 Å². The van der Waals surface area contributed by atoms with Crippen LogP contribution in [-0.2, 0) is 0 Å². The van der Waals surface area contributed by atoms with Gasteiger partial charge in [-0.15, -0.1) is 12.6 Å². The summed E-state index contributed by atoms with van der Waals surface area (Å²) in [6.45, 7) is 0.558. The number of hydrogen-bond donors (Lipinski definition) is 3. The zero-order valence-electron chi connectivity index (χ0n) is 9.60. The highest BCUT2D eigenvalue weighted by Crippen LogP contribution is 2.24. The van der Waals surface area contributed by atoms with E-state index in [9.17, 15) is 9.90 Å². The molecule has 1 saturated carbocycles. The Hall–Kier alpha value is -1.00. The van der Waals surface area contributed by atoms with Gasteiger partial charge in [-0.05, 0) is 37.1 Å². The first kappa shape index (κ1) is 12.5. The van der Waals surface area contributed by atoms with Crippen LogP contribution in [-0.4, -0.2) is 23.7 Å². The Balaban J connectivity index is 1.87. The van der Waals surface area contributed by atoms with Crippen molar-refractivity contribution in [2.45, 2.75) is 30.3 Å². The molecule has 0 saturated heterocycles. The smallest absolute Gasteiger partial charge is 0.251 e. The van der Waals surface area contributed by atoms with Crippen LogP contribution in [0.1, 0.15) is 29.6 Å². The molecular formula is C13H17NO2S. The molecule has 0 bridgehead atoms. The fourth-order valence-electron chi connectivity index (χ4n) is 2.19. The third-order valence-electron chi connectivity index (χ3n) is 3.27. The molecule has 1 fully saturated rings. The Morgan fingerprint density at radius 2 is 2.06 bits per heavy atom. The molecule has 2 N–H and O–H groups in total. The number of rotatable bonds is 3. The van der Waals surface area contributed by atoms with Crippen molar-refractivity contribution in [1.29, 1.82) is 0 Å². The van der Waals surface area contributed by atoms with E-state index in [-0.39, 0.29) is 17.9 Å². The average Bonchev–Trinajstić information content (AvgIpc) is 2.73. The predicted octanol–water partition coefficient (Wildman–Crippen LogP) is 1.87. The summed E-state index contributed by atoms with van der Waals surface area (Å²) in [6, 6.07) is 7.09. The maximum atomic E-state index is 11.8. The van der Waals surface area contributed by atoms with Gasteiger partial charge in [-0.2, -0.15) is 0 Å². The second-order valence-electron chi connectivity index (χ2n) is 4.52. The number of amides is 1. The molecule has 0 spiro atoms. The van der Waals surface area contributed by atoms with Crippen LogP contribution in [0.5, 0.6) is 0 Å². The molecule has 3 nitrogen and oxygen atoms in total. The van der Waals surface area contributed by atoms with Gasteiger partial charge in [0.05, 0.1) is 6.10 Å². The summed E-state index contributed by atoms with van der Waals surface area (Å²) in [5.41, 5.74) is 0.635. The zero-order valence-corrected chi connectivity index (χ0v) is 10.5. The number of carbonyl (C=O) groups is 1. The number of aliphatic hydroxyl groups is 1. The summed E-state index contributed by atoms with van der Waals surface area (Å²) < 4.78 is 0. The Morgan fingerprint density at radius 1 is 1.35 bits per heavy atom. The van der Waals surface area contributed by atoms with Crippen molar-refractivity contribution in [3.05, 3.63) is 29.8 Å². The summed E-state index contributed by atoms with van der Waals surface area (Å²) in [5, 5.41) is 12.5. The molecule has 0 aliphatic heterocycles. The lowest BCUT2D eigenvalue weighted by Crippen LogP contribution is -2.32. The summed E-state index contributed by atoms with van der Waals surface area (Å²) in [4.78, 5) is 12.6.